The van der Waals surface area contributed by atoms with Gasteiger partial charge >= 0.3 is 0 Å². The largest absolute Gasteiger partial charge is 0.299 e. The number of likely N-dealkylation sites (tertiary alicyclic amines) is 1. The van der Waals surface area contributed by atoms with Gasteiger partial charge in [0.15, 0.2) is 0 Å². The molecule has 0 spiro atoms. The van der Waals surface area contributed by atoms with Crippen molar-refractivity contribution >= 4 is 44.8 Å². The molecular weight excluding hydrogens is 370 g/mol. The zero-order valence-electron chi connectivity index (χ0n) is 10.8. The normalized spacial score (nSPS) is 21.1. The molecule has 0 aromatic heterocycles. The first-order chi connectivity index (χ1) is 8.75. The van der Waals surface area contributed by atoms with Crippen molar-refractivity contribution in [1.82, 2.24) is 4.90 Å². The highest BCUT2D eigenvalue weighted by Crippen LogP contribution is 2.14. The van der Waals surface area contributed by atoms with Crippen molar-refractivity contribution in [2.24, 2.45) is 0 Å². The molecule has 104 valence electrons. The minimum Gasteiger partial charge on any atom is -0.299 e. The Morgan fingerprint density at radius 2 is 2.00 bits per heavy atom. The topological polar surface area (TPSA) is 20.3 Å². The maximum Gasteiger partial charge on any atom is 0.147 e. The molecule has 0 radical (unpaired) electrons. The van der Waals surface area contributed by atoms with Crippen molar-refractivity contribution in [2.75, 3.05) is 19.6 Å². The molecule has 1 saturated heterocycles. The second-order valence-electron chi connectivity index (χ2n) is 4.59. The summed E-state index contributed by atoms with van der Waals surface area (Å²) in [6, 6.07) is 10.3. The molecule has 1 atom stereocenters. The molecule has 0 aliphatic carbocycles. The summed E-state index contributed by atoms with van der Waals surface area (Å²) in [6.45, 7) is 2.78. The van der Waals surface area contributed by atoms with E-state index in [1.54, 1.807) is 0 Å². The van der Waals surface area contributed by atoms with Crippen molar-refractivity contribution in [3.05, 3.63) is 42.0 Å². The first-order valence-electron chi connectivity index (χ1n) is 6.36. The molecule has 2 rings (SSSR count). The Labute approximate surface area is 133 Å². The summed E-state index contributed by atoms with van der Waals surface area (Å²) < 4.78 is 0. The Hall–Kier alpha value is -0.450. The van der Waals surface area contributed by atoms with Gasteiger partial charge < -0.3 is 0 Å². The van der Waals surface area contributed by atoms with Gasteiger partial charge in [-0.15, -0.1) is 17.0 Å². The molecular formula is C15H19Br2NO. The van der Waals surface area contributed by atoms with Crippen LogP contribution in [-0.4, -0.2) is 35.1 Å². The van der Waals surface area contributed by atoms with Gasteiger partial charge in [0.1, 0.15) is 5.78 Å². The lowest BCUT2D eigenvalue weighted by Crippen LogP contribution is -2.24. The number of nitrogens with zero attached hydrogens (tertiary/aromatic N) is 1. The molecule has 1 aromatic rings. The number of ketones is 1. The van der Waals surface area contributed by atoms with E-state index in [0.717, 1.165) is 26.1 Å². The zero-order chi connectivity index (χ0) is 12.8. The van der Waals surface area contributed by atoms with Crippen LogP contribution in [0.1, 0.15) is 18.4 Å². The fourth-order valence-electron chi connectivity index (χ4n) is 2.08. The minimum atomic E-state index is 0. The molecule has 1 unspecified atom stereocenters. The first kappa shape index (κ1) is 16.6. The van der Waals surface area contributed by atoms with Gasteiger partial charge in [0.05, 0.1) is 4.83 Å². The number of rotatable bonds is 3. The van der Waals surface area contributed by atoms with Crippen LogP contribution in [0.15, 0.2) is 36.4 Å². The van der Waals surface area contributed by atoms with Crippen molar-refractivity contribution < 1.29 is 4.79 Å². The van der Waals surface area contributed by atoms with Crippen LogP contribution in [0.2, 0.25) is 0 Å². The highest BCUT2D eigenvalue weighted by atomic mass is 79.9. The molecule has 2 nitrogen and oxygen atoms in total. The van der Waals surface area contributed by atoms with Crippen LogP contribution in [-0.2, 0) is 4.79 Å². The number of halogens is 2. The SMILES string of the molecule is Br.O=C1CCN(CC=Cc2ccccc2)CCC1Br. The number of hydrogen-bond acceptors (Lipinski definition) is 2. The molecule has 1 heterocycles. The maximum atomic E-state index is 11.6. The highest BCUT2D eigenvalue weighted by molar-refractivity contribution is 9.10. The smallest absolute Gasteiger partial charge is 0.147 e. The summed E-state index contributed by atoms with van der Waals surface area (Å²) >= 11 is 3.44. The third-order valence-corrected chi connectivity index (χ3v) is 4.16. The van der Waals surface area contributed by atoms with E-state index < -0.39 is 0 Å². The minimum absolute atomic E-state index is 0. The lowest BCUT2D eigenvalue weighted by atomic mass is 10.2. The summed E-state index contributed by atoms with van der Waals surface area (Å²) in [5, 5.41) is 0. The van der Waals surface area contributed by atoms with E-state index in [1.165, 1.54) is 5.56 Å². The Morgan fingerprint density at radius 1 is 1.26 bits per heavy atom. The van der Waals surface area contributed by atoms with E-state index in [0.29, 0.717) is 12.2 Å². The fraction of sp³-hybridized carbons (Fsp3) is 0.400. The molecule has 0 amide bonds. The summed E-state index contributed by atoms with van der Waals surface area (Å²) in [5.41, 5.74) is 1.22. The Kier molecular flexibility index (Phi) is 7.57. The van der Waals surface area contributed by atoms with Crippen molar-refractivity contribution in [1.29, 1.82) is 0 Å². The molecule has 1 aromatic carbocycles. The number of Topliss-reactive ketones (excluding diaryl/α,β-unsaturated/α-hetero) is 1. The zero-order valence-corrected chi connectivity index (χ0v) is 14.1. The van der Waals surface area contributed by atoms with E-state index >= 15 is 0 Å². The molecule has 0 N–H and O–H groups in total. The molecule has 1 aliphatic rings. The Morgan fingerprint density at radius 3 is 2.74 bits per heavy atom. The third-order valence-electron chi connectivity index (χ3n) is 3.20. The number of benzene rings is 1. The summed E-state index contributed by atoms with van der Waals surface area (Å²) in [5.74, 6) is 0.338. The van der Waals surface area contributed by atoms with Crippen molar-refractivity contribution in [3.63, 3.8) is 0 Å². The molecule has 0 saturated carbocycles. The standard InChI is InChI=1S/C15H18BrNO.BrH/c16-14-8-11-17(12-9-15(14)18)10-4-7-13-5-2-1-3-6-13;/h1-7,14H,8-12H2;1H. The Bertz CT molecular complexity index is 419. The van der Waals surface area contributed by atoms with Crippen molar-refractivity contribution in [2.45, 2.75) is 17.7 Å². The maximum absolute atomic E-state index is 11.6. The van der Waals surface area contributed by atoms with Crippen LogP contribution in [0, 0.1) is 0 Å². The van der Waals surface area contributed by atoms with Gasteiger partial charge in [-0.05, 0) is 18.5 Å². The van der Waals surface area contributed by atoms with E-state index in [2.05, 4.69) is 45.1 Å². The average Bonchev–Trinajstić information content (AvgIpc) is 2.55. The lowest BCUT2D eigenvalue weighted by Gasteiger charge is -2.16. The summed E-state index contributed by atoms with van der Waals surface area (Å²) in [6.07, 6.45) is 5.89. The number of carbonyl (C=O) groups is 1. The quantitative estimate of drug-likeness (QED) is 0.735. The van der Waals surface area contributed by atoms with Gasteiger partial charge in [0.2, 0.25) is 0 Å². The van der Waals surface area contributed by atoms with Crippen LogP contribution in [0.4, 0.5) is 0 Å². The van der Waals surface area contributed by atoms with Gasteiger partial charge in [-0.2, -0.15) is 0 Å². The van der Waals surface area contributed by atoms with Gasteiger partial charge in [-0.25, -0.2) is 0 Å². The molecule has 19 heavy (non-hydrogen) atoms. The second-order valence-corrected chi connectivity index (χ2v) is 5.69. The highest BCUT2D eigenvalue weighted by Gasteiger charge is 2.20. The monoisotopic (exact) mass is 387 g/mol. The van der Waals surface area contributed by atoms with E-state index in [1.807, 2.05) is 18.2 Å². The van der Waals surface area contributed by atoms with Crippen LogP contribution in [0.3, 0.4) is 0 Å². The van der Waals surface area contributed by atoms with Crippen LogP contribution < -0.4 is 0 Å². The molecule has 1 aliphatic heterocycles. The van der Waals surface area contributed by atoms with E-state index in [9.17, 15) is 4.79 Å². The molecule has 0 bridgehead atoms. The van der Waals surface area contributed by atoms with Gasteiger partial charge in [0, 0.05) is 19.5 Å². The predicted molar refractivity (Wildman–Crippen MR) is 89.2 cm³/mol. The summed E-state index contributed by atoms with van der Waals surface area (Å²) in [7, 11) is 0. The third kappa shape index (κ3) is 5.59. The Balaban J connectivity index is 0.00000180. The second kappa shape index (κ2) is 8.67. The van der Waals surface area contributed by atoms with Gasteiger partial charge in [-0.1, -0.05) is 58.4 Å². The van der Waals surface area contributed by atoms with Crippen LogP contribution in [0.5, 0.6) is 0 Å². The number of alkyl halides is 1. The van der Waals surface area contributed by atoms with Gasteiger partial charge in [0.25, 0.3) is 0 Å². The lowest BCUT2D eigenvalue weighted by molar-refractivity contribution is -0.118. The molecule has 4 heteroatoms. The summed E-state index contributed by atoms with van der Waals surface area (Å²) in [4.78, 5) is 14.0. The van der Waals surface area contributed by atoms with E-state index in [-0.39, 0.29) is 21.8 Å². The van der Waals surface area contributed by atoms with Gasteiger partial charge in [-0.3, -0.25) is 9.69 Å². The molecule has 1 fully saturated rings. The fourth-order valence-corrected chi connectivity index (χ4v) is 2.51. The van der Waals surface area contributed by atoms with Crippen molar-refractivity contribution in [3.8, 4) is 0 Å². The van der Waals surface area contributed by atoms with Crippen LogP contribution >= 0.6 is 32.9 Å². The van der Waals surface area contributed by atoms with Crippen LogP contribution in [0.25, 0.3) is 6.08 Å². The predicted octanol–water partition coefficient (Wildman–Crippen LogP) is 3.71. The average molecular weight is 389 g/mol. The number of hydrogen-bond donors (Lipinski definition) is 0. The first-order valence-corrected chi connectivity index (χ1v) is 7.28. The van der Waals surface area contributed by atoms with E-state index in [4.69, 9.17) is 0 Å². The number of carbonyl (C=O) groups excluding carboxylic acids is 1.